The normalized spacial score (nSPS) is 21.0. The zero-order valence-corrected chi connectivity index (χ0v) is 17.0. The molecule has 2 atom stereocenters. The van der Waals surface area contributed by atoms with E-state index in [2.05, 4.69) is 0 Å². The Bertz CT molecular complexity index is 1180. The molecule has 3 N–H and O–H groups in total. The number of carboxylic acids is 1. The van der Waals surface area contributed by atoms with Crippen LogP contribution in [0, 0.1) is 0 Å². The average molecular weight is 462 g/mol. The Morgan fingerprint density at radius 1 is 1.14 bits per heavy atom. The zero-order chi connectivity index (χ0) is 21.6. The number of sulfone groups is 1. The maximum absolute atomic E-state index is 13.4. The molecule has 2 aromatic carbocycles. The molecule has 1 fully saturated rings. The molecule has 0 spiro atoms. The largest absolute Gasteiger partial charge is 0.508 e. The predicted molar refractivity (Wildman–Crippen MR) is 105 cm³/mol. The minimum Gasteiger partial charge on any atom is -0.508 e. The number of nitrogens with zero attached hydrogens (tertiary/aromatic N) is 1. The van der Waals surface area contributed by atoms with Crippen LogP contribution < -0.4 is 4.31 Å². The Balaban J connectivity index is 2.24. The van der Waals surface area contributed by atoms with Gasteiger partial charge in [-0.05, 0) is 30.3 Å². The number of aliphatic hydroxyl groups is 1. The van der Waals surface area contributed by atoms with E-state index in [1.807, 2.05) is 0 Å². The third-order valence-corrected chi connectivity index (χ3v) is 8.43. The van der Waals surface area contributed by atoms with Crippen molar-refractivity contribution in [2.24, 2.45) is 0 Å². The number of anilines is 1. The van der Waals surface area contributed by atoms with Crippen molar-refractivity contribution in [3.63, 3.8) is 0 Å². The van der Waals surface area contributed by atoms with E-state index >= 15 is 0 Å². The molecule has 2 aromatic rings. The van der Waals surface area contributed by atoms with Crippen molar-refractivity contribution in [3.8, 4) is 5.75 Å². The summed E-state index contributed by atoms with van der Waals surface area (Å²) >= 11 is 6.02. The van der Waals surface area contributed by atoms with Gasteiger partial charge in [-0.1, -0.05) is 17.7 Å². The number of carbonyl (C=O) groups is 1. The molecular weight excluding hydrogens is 446 g/mol. The van der Waals surface area contributed by atoms with E-state index in [0.717, 1.165) is 24.3 Å². The SMILES string of the molecule is O=C(O)c1ccc(Cl)c(S(=O)(=O)N(c2cccc(O)c2)[C@@H]2CS(=O)(=O)C[C@H]2O)c1. The highest BCUT2D eigenvalue weighted by atomic mass is 35.5. The highest BCUT2D eigenvalue weighted by Crippen LogP contribution is 2.35. The van der Waals surface area contributed by atoms with Crippen LogP contribution in [-0.4, -0.2) is 61.8 Å². The van der Waals surface area contributed by atoms with E-state index in [-0.39, 0.29) is 22.0 Å². The van der Waals surface area contributed by atoms with Crippen LogP contribution in [0.4, 0.5) is 5.69 Å². The first-order chi connectivity index (χ1) is 13.4. The monoisotopic (exact) mass is 461 g/mol. The lowest BCUT2D eigenvalue weighted by Gasteiger charge is -2.31. The summed E-state index contributed by atoms with van der Waals surface area (Å²) in [6, 6.07) is 6.71. The van der Waals surface area contributed by atoms with Crippen molar-refractivity contribution in [3.05, 3.63) is 53.1 Å². The molecule has 1 aliphatic rings. The molecule has 0 aliphatic carbocycles. The Morgan fingerprint density at radius 3 is 2.38 bits per heavy atom. The van der Waals surface area contributed by atoms with E-state index in [1.54, 1.807) is 0 Å². The smallest absolute Gasteiger partial charge is 0.335 e. The summed E-state index contributed by atoms with van der Waals surface area (Å²) in [5.41, 5.74) is -0.452. The molecule has 29 heavy (non-hydrogen) atoms. The molecule has 9 nitrogen and oxygen atoms in total. The van der Waals surface area contributed by atoms with Crippen LogP contribution in [0.1, 0.15) is 10.4 Å². The molecule has 0 saturated carbocycles. The Morgan fingerprint density at radius 2 is 1.83 bits per heavy atom. The van der Waals surface area contributed by atoms with Gasteiger partial charge in [0.25, 0.3) is 10.0 Å². The Kier molecular flexibility index (Phi) is 5.52. The van der Waals surface area contributed by atoms with E-state index in [1.165, 1.54) is 18.2 Å². The minimum atomic E-state index is -4.62. The number of aliphatic hydroxyl groups excluding tert-OH is 1. The number of aromatic carboxylic acids is 1. The van der Waals surface area contributed by atoms with Gasteiger partial charge in [0.05, 0.1) is 39.9 Å². The van der Waals surface area contributed by atoms with Crippen molar-refractivity contribution in [2.45, 2.75) is 17.0 Å². The van der Waals surface area contributed by atoms with Crippen molar-refractivity contribution in [2.75, 3.05) is 15.8 Å². The molecule has 1 saturated heterocycles. The fraction of sp³-hybridized carbons (Fsp3) is 0.235. The summed E-state index contributed by atoms with van der Waals surface area (Å²) in [4.78, 5) is 10.7. The van der Waals surface area contributed by atoms with Crippen molar-refractivity contribution in [1.82, 2.24) is 0 Å². The van der Waals surface area contributed by atoms with Crippen LogP contribution in [0.5, 0.6) is 5.75 Å². The number of benzene rings is 2. The molecule has 1 aliphatic heterocycles. The highest BCUT2D eigenvalue weighted by molar-refractivity contribution is 7.93. The van der Waals surface area contributed by atoms with Crippen LogP contribution in [0.25, 0.3) is 0 Å². The maximum atomic E-state index is 13.4. The second-order valence-electron chi connectivity index (χ2n) is 6.48. The van der Waals surface area contributed by atoms with Gasteiger partial charge in [0.2, 0.25) is 0 Å². The van der Waals surface area contributed by atoms with Crippen LogP contribution in [-0.2, 0) is 19.9 Å². The van der Waals surface area contributed by atoms with Crippen LogP contribution in [0.15, 0.2) is 47.4 Å². The van der Waals surface area contributed by atoms with Gasteiger partial charge >= 0.3 is 5.97 Å². The first-order valence-corrected chi connectivity index (χ1v) is 11.8. The third kappa shape index (κ3) is 4.17. The molecule has 12 heteroatoms. The van der Waals surface area contributed by atoms with Gasteiger partial charge in [-0.2, -0.15) is 0 Å². The number of aromatic hydroxyl groups is 1. The zero-order valence-electron chi connectivity index (χ0n) is 14.6. The summed E-state index contributed by atoms with van der Waals surface area (Å²) in [6.45, 7) is 0. The van der Waals surface area contributed by atoms with Gasteiger partial charge in [-0.3, -0.25) is 4.31 Å². The minimum absolute atomic E-state index is 0.108. The summed E-state index contributed by atoms with van der Waals surface area (Å²) < 4.78 is 51.5. The van der Waals surface area contributed by atoms with E-state index < -0.39 is 54.4 Å². The average Bonchev–Trinajstić information content (AvgIpc) is 2.87. The molecule has 3 rings (SSSR count). The van der Waals surface area contributed by atoms with E-state index in [4.69, 9.17) is 11.6 Å². The fourth-order valence-electron chi connectivity index (χ4n) is 3.11. The number of sulfonamides is 1. The molecular formula is C17H16ClNO8S2. The number of hydrogen-bond donors (Lipinski definition) is 3. The van der Waals surface area contributed by atoms with E-state index in [0.29, 0.717) is 4.31 Å². The van der Waals surface area contributed by atoms with Gasteiger partial charge in [0.15, 0.2) is 9.84 Å². The third-order valence-electron chi connectivity index (χ3n) is 4.39. The van der Waals surface area contributed by atoms with Crippen LogP contribution in [0.2, 0.25) is 5.02 Å². The van der Waals surface area contributed by atoms with Gasteiger partial charge in [-0.25, -0.2) is 21.6 Å². The van der Waals surface area contributed by atoms with E-state index in [9.17, 15) is 36.9 Å². The van der Waals surface area contributed by atoms with Crippen molar-refractivity contribution < 1.29 is 36.9 Å². The number of phenols is 1. The number of hydrogen-bond acceptors (Lipinski definition) is 7. The maximum Gasteiger partial charge on any atom is 0.335 e. The molecule has 0 radical (unpaired) electrons. The highest BCUT2D eigenvalue weighted by Gasteiger charge is 2.45. The number of rotatable bonds is 5. The second-order valence-corrected chi connectivity index (χ2v) is 10.8. The molecule has 1 heterocycles. The second kappa shape index (κ2) is 7.48. The van der Waals surface area contributed by atoms with Crippen LogP contribution >= 0.6 is 11.6 Å². The first kappa shape index (κ1) is 21.4. The summed E-state index contributed by atoms with van der Waals surface area (Å²) in [5, 5.41) is 28.9. The first-order valence-electron chi connectivity index (χ1n) is 8.17. The topological polar surface area (TPSA) is 149 Å². The molecule has 0 aromatic heterocycles. The Labute approximate surface area is 171 Å². The number of phenolic OH excluding ortho intramolecular Hbond substituents is 1. The lowest BCUT2D eigenvalue weighted by Crippen LogP contribution is -2.47. The van der Waals surface area contributed by atoms with Gasteiger partial charge in [0.1, 0.15) is 10.6 Å². The summed E-state index contributed by atoms with van der Waals surface area (Å²) in [7, 11) is -8.35. The molecule has 0 unspecified atom stereocenters. The number of halogens is 1. The number of carboxylic acid groups (broad SMARTS) is 1. The quantitative estimate of drug-likeness (QED) is 0.599. The van der Waals surface area contributed by atoms with Gasteiger partial charge < -0.3 is 15.3 Å². The lowest BCUT2D eigenvalue weighted by molar-refractivity contribution is 0.0696. The lowest BCUT2D eigenvalue weighted by atomic mass is 10.2. The Hall–Kier alpha value is -2.34. The molecule has 156 valence electrons. The molecule has 0 bridgehead atoms. The standard InChI is InChI=1S/C17H16ClNO8S2/c18-13-5-4-10(17(22)23)6-16(13)29(26,27)19(11-2-1-3-12(20)7-11)14-8-28(24,25)9-15(14)21/h1-7,14-15,20-21H,8-9H2,(H,22,23)/t14-,15-/m1/s1. The summed E-state index contributed by atoms with van der Waals surface area (Å²) in [5.74, 6) is -2.96. The van der Waals surface area contributed by atoms with Gasteiger partial charge in [0, 0.05) is 6.07 Å². The van der Waals surface area contributed by atoms with Crippen molar-refractivity contribution in [1.29, 1.82) is 0 Å². The summed E-state index contributed by atoms with van der Waals surface area (Å²) in [6.07, 6.45) is -1.53. The van der Waals surface area contributed by atoms with Crippen molar-refractivity contribution >= 4 is 43.1 Å². The fourth-order valence-corrected chi connectivity index (χ4v) is 7.15. The van der Waals surface area contributed by atoms with Crippen LogP contribution in [0.3, 0.4) is 0 Å². The van der Waals surface area contributed by atoms with Gasteiger partial charge in [-0.15, -0.1) is 0 Å². The predicted octanol–water partition coefficient (Wildman–Crippen LogP) is 1.10. The molecule has 0 amide bonds.